The maximum absolute atomic E-state index is 12.5. The molecule has 1 aliphatic rings. The number of hydrogen-bond donors (Lipinski definition) is 2. The summed E-state index contributed by atoms with van der Waals surface area (Å²) in [5.41, 5.74) is 2.45. The molecule has 0 saturated carbocycles. The molecule has 0 unspecified atom stereocenters. The van der Waals surface area contributed by atoms with Crippen molar-refractivity contribution < 1.29 is 19.1 Å². The van der Waals surface area contributed by atoms with E-state index in [-0.39, 0.29) is 17.8 Å². The summed E-state index contributed by atoms with van der Waals surface area (Å²) in [5, 5.41) is 2.54. The first-order chi connectivity index (χ1) is 12.2. The van der Waals surface area contributed by atoms with E-state index >= 15 is 0 Å². The van der Waals surface area contributed by atoms with Crippen LogP contribution in [0.25, 0.3) is 11.0 Å². The van der Waals surface area contributed by atoms with E-state index in [0.717, 1.165) is 0 Å². The minimum absolute atomic E-state index is 0.0793. The monoisotopic (exact) mass is 337 g/mol. The SMILES string of the molecule is O=C(Nc1nc2cc(C(=O)c3ccccc3)ccc2[nH]1)OC1COC1. The molecule has 25 heavy (non-hydrogen) atoms. The Morgan fingerprint density at radius 1 is 1.12 bits per heavy atom. The van der Waals surface area contributed by atoms with Crippen molar-refractivity contribution in [3.05, 3.63) is 59.7 Å². The third-order valence-electron chi connectivity index (χ3n) is 3.88. The molecule has 1 aromatic heterocycles. The second-order valence-electron chi connectivity index (χ2n) is 5.70. The van der Waals surface area contributed by atoms with Crippen LogP contribution in [0.3, 0.4) is 0 Å². The van der Waals surface area contributed by atoms with Crippen LogP contribution in [0.5, 0.6) is 0 Å². The first-order valence-corrected chi connectivity index (χ1v) is 7.84. The molecule has 0 radical (unpaired) electrons. The summed E-state index contributed by atoms with van der Waals surface area (Å²) >= 11 is 0. The van der Waals surface area contributed by atoms with Crippen molar-refractivity contribution in [1.82, 2.24) is 9.97 Å². The van der Waals surface area contributed by atoms with E-state index in [2.05, 4.69) is 15.3 Å². The standard InChI is InChI=1S/C18H15N3O4/c22-16(11-4-2-1-3-5-11)12-6-7-14-15(8-12)20-17(19-14)21-18(23)25-13-9-24-10-13/h1-8,13H,9-10H2,(H2,19,20,21,23). The fourth-order valence-electron chi connectivity index (χ4n) is 2.52. The number of nitrogens with zero attached hydrogens (tertiary/aromatic N) is 1. The average Bonchev–Trinajstić information content (AvgIpc) is 2.99. The molecular formula is C18H15N3O4. The maximum atomic E-state index is 12.5. The van der Waals surface area contributed by atoms with Gasteiger partial charge in [0.1, 0.15) is 0 Å². The van der Waals surface area contributed by atoms with Crippen LogP contribution in [0.2, 0.25) is 0 Å². The third kappa shape index (κ3) is 3.22. The highest BCUT2D eigenvalue weighted by Gasteiger charge is 2.23. The number of aromatic nitrogens is 2. The highest BCUT2D eigenvalue weighted by molar-refractivity contribution is 6.10. The molecule has 7 heteroatoms. The van der Waals surface area contributed by atoms with Crippen molar-refractivity contribution in [1.29, 1.82) is 0 Å². The van der Waals surface area contributed by atoms with Crippen LogP contribution in [0.4, 0.5) is 10.7 Å². The molecule has 2 heterocycles. The number of amides is 1. The molecule has 1 fully saturated rings. The van der Waals surface area contributed by atoms with Crippen LogP contribution < -0.4 is 5.32 Å². The number of carbonyl (C=O) groups is 2. The molecule has 0 aliphatic carbocycles. The Balaban J connectivity index is 1.53. The molecule has 1 saturated heterocycles. The van der Waals surface area contributed by atoms with Gasteiger partial charge in [-0.05, 0) is 18.2 Å². The van der Waals surface area contributed by atoms with Crippen LogP contribution in [-0.4, -0.2) is 41.2 Å². The summed E-state index contributed by atoms with van der Waals surface area (Å²) in [6.07, 6.45) is -0.799. The van der Waals surface area contributed by atoms with E-state index in [1.165, 1.54) is 0 Å². The van der Waals surface area contributed by atoms with Gasteiger partial charge in [-0.15, -0.1) is 0 Å². The van der Waals surface area contributed by atoms with Crippen molar-refractivity contribution in [3.63, 3.8) is 0 Å². The molecule has 2 N–H and O–H groups in total. The van der Waals surface area contributed by atoms with Crippen molar-refractivity contribution in [2.24, 2.45) is 0 Å². The Morgan fingerprint density at radius 3 is 2.64 bits per heavy atom. The molecule has 1 amide bonds. The smallest absolute Gasteiger partial charge is 0.414 e. The molecule has 0 spiro atoms. The third-order valence-corrected chi connectivity index (χ3v) is 3.88. The molecular weight excluding hydrogens is 322 g/mol. The van der Waals surface area contributed by atoms with Gasteiger partial charge >= 0.3 is 6.09 Å². The second kappa shape index (κ2) is 6.37. The summed E-state index contributed by atoms with van der Waals surface area (Å²) in [4.78, 5) is 31.5. The largest absolute Gasteiger partial charge is 0.441 e. The molecule has 0 bridgehead atoms. The summed E-state index contributed by atoms with van der Waals surface area (Å²) in [5.74, 6) is 0.189. The number of rotatable bonds is 4. The van der Waals surface area contributed by atoms with Gasteiger partial charge in [-0.25, -0.2) is 9.78 Å². The zero-order valence-corrected chi connectivity index (χ0v) is 13.2. The minimum atomic E-state index is -0.590. The fourth-order valence-corrected chi connectivity index (χ4v) is 2.52. The summed E-state index contributed by atoms with van der Waals surface area (Å²) in [7, 11) is 0. The van der Waals surface area contributed by atoms with Gasteiger partial charge in [-0.2, -0.15) is 0 Å². The summed E-state index contributed by atoms with van der Waals surface area (Å²) in [6.45, 7) is 0.830. The van der Waals surface area contributed by atoms with Gasteiger partial charge in [-0.3, -0.25) is 10.1 Å². The number of imidazole rings is 1. The highest BCUT2D eigenvalue weighted by Crippen LogP contribution is 2.19. The Morgan fingerprint density at radius 2 is 1.92 bits per heavy atom. The Hall–Kier alpha value is -3.19. The van der Waals surface area contributed by atoms with Gasteiger partial charge in [0.2, 0.25) is 5.95 Å². The van der Waals surface area contributed by atoms with E-state index in [0.29, 0.717) is 35.4 Å². The Kier molecular flexibility index (Phi) is 3.91. The van der Waals surface area contributed by atoms with Crippen molar-refractivity contribution in [2.45, 2.75) is 6.10 Å². The normalized spacial score (nSPS) is 14.1. The summed E-state index contributed by atoms with van der Waals surface area (Å²) in [6, 6.07) is 14.2. The average molecular weight is 337 g/mol. The highest BCUT2D eigenvalue weighted by atomic mass is 16.6. The Labute approximate surface area is 143 Å². The maximum Gasteiger partial charge on any atom is 0.414 e. The fraction of sp³-hybridized carbons (Fsp3) is 0.167. The number of H-pyrrole nitrogens is 1. The van der Waals surface area contributed by atoms with Crippen molar-refractivity contribution in [3.8, 4) is 0 Å². The van der Waals surface area contributed by atoms with Gasteiger partial charge in [0, 0.05) is 11.1 Å². The summed E-state index contributed by atoms with van der Waals surface area (Å²) < 4.78 is 10.1. The van der Waals surface area contributed by atoms with Crippen LogP contribution >= 0.6 is 0 Å². The predicted octanol–water partition coefficient (Wildman–Crippen LogP) is 2.74. The van der Waals surface area contributed by atoms with Gasteiger partial charge in [-0.1, -0.05) is 30.3 Å². The lowest BCUT2D eigenvalue weighted by Crippen LogP contribution is -2.39. The first-order valence-electron chi connectivity index (χ1n) is 7.84. The predicted molar refractivity (Wildman–Crippen MR) is 90.7 cm³/mol. The van der Waals surface area contributed by atoms with Crippen LogP contribution in [-0.2, 0) is 9.47 Å². The zero-order chi connectivity index (χ0) is 17.2. The zero-order valence-electron chi connectivity index (χ0n) is 13.2. The number of ketones is 1. The number of carbonyl (C=O) groups excluding carboxylic acids is 2. The molecule has 4 rings (SSSR count). The molecule has 126 valence electrons. The number of ether oxygens (including phenoxy) is 2. The number of nitrogens with one attached hydrogen (secondary N) is 2. The molecule has 7 nitrogen and oxygen atoms in total. The number of fused-ring (bicyclic) bond motifs is 1. The Bertz CT molecular complexity index is 932. The molecule has 2 aromatic carbocycles. The number of hydrogen-bond acceptors (Lipinski definition) is 5. The number of aromatic amines is 1. The number of benzene rings is 2. The van der Waals surface area contributed by atoms with Crippen molar-refractivity contribution >= 4 is 28.9 Å². The lowest BCUT2D eigenvalue weighted by atomic mass is 10.0. The van der Waals surface area contributed by atoms with E-state index in [4.69, 9.17) is 9.47 Å². The quantitative estimate of drug-likeness (QED) is 0.714. The second-order valence-corrected chi connectivity index (χ2v) is 5.70. The van der Waals surface area contributed by atoms with E-state index in [9.17, 15) is 9.59 Å². The van der Waals surface area contributed by atoms with E-state index in [1.807, 2.05) is 18.2 Å². The van der Waals surface area contributed by atoms with Gasteiger partial charge in [0.15, 0.2) is 11.9 Å². The first kappa shape index (κ1) is 15.3. The lowest BCUT2D eigenvalue weighted by molar-refractivity contribution is -0.0951. The topological polar surface area (TPSA) is 93.3 Å². The van der Waals surface area contributed by atoms with Crippen LogP contribution in [0, 0.1) is 0 Å². The van der Waals surface area contributed by atoms with E-state index < -0.39 is 6.09 Å². The van der Waals surface area contributed by atoms with Gasteiger partial charge in [0.25, 0.3) is 0 Å². The molecule has 0 atom stereocenters. The van der Waals surface area contributed by atoms with Crippen LogP contribution in [0.1, 0.15) is 15.9 Å². The van der Waals surface area contributed by atoms with Crippen molar-refractivity contribution in [2.75, 3.05) is 18.5 Å². The minimum Gasteiger partial charge on any atom is -0.441 e. The van der Waals surface area contributed by atoms with Gasteiger partial charge in [0.05, 0.1) is 24.2 Å². The van der Waals surface area contributed by atoms with Crippen LogP contribution in [0.15, 0.2) is 48.5 Å². The van der Waals surface area contributed by atoms with E-state index in [1.54, 1.807) is 30.3 Å². The molecule has 3 aromatic rings. The lowest BCUT2D eigenvalue weighted by Gasteiger charge is -2.25. The van der Waals surface area contributed by atoms with Gasteiger partial charge < -0.3 is 14.5 Å². The molecule has 1 aliphatic heterocycles. The number of anilines is 1.